The van der Waals surface area contributed by atoms with Gasteiger partial charge in [-0.2, -0.15) is 0 Å². The summed E-state index contributed by atoms with van der Waals surface area (Å²) in [6, 6.07) is 15.6. The van der Waals surface area contributed by atoms with Crippen molar-refractivity contribution in [1.82, 2.24) is 4.90 Å². The van der Waals surface area contributed by atoms with E-state index in [4.69, 9.17) is 10.5 Å². The molecule has 0 radical (unpaired) electrons. The number of carbonyl (C=O) groups excluding carboxylic acids is 4. The van der Waals surface area contributed by atoms with Gasteiger partial charge in [0.15, 0.2) is 6.10 Å². The lowest BCUT2D eigenvalue weighted by Gasteiger charge is -2.18. The van der Waals surface area contributed by atoms with Gasteiger partial charge >= 0.3 is 5.97 Å². The van der Waals surface area contributed by atoms with E-state index in [1.165, 1.54) is 31.2 Å². The molecule has 156 valence electrons. The topological polar surface area (TPSA) is 119 Å². The minimum absolute atomic E-state index is 0.0641. The van der Waals surface area contributed by atoms with Crippen LogP contribution >= 0.6 is 0 Å². The van der Waals surface area contributed by atoms with E-state index in [0.717, 1.165) is 5.56 Å². The number of nitrogens with one attached hydrogen (secondary N) is 1. The molecule has 2 aromatic rings. The molecule has 30 heavy (non-hydrogen) atoms. The maximum atomic E-state index is 12.4. The molecule has 0 aliphatic carbocycles. The molecule has 0 spiro atoms. The maximum Gasteiger partial charge on any atom is 0.312 e. The Morgan fingerprint density at radius 3 is 2.43 bits per heavy atom. The standard InChI is InChI=1S/C22H23N3O5/c1-14(21(28)24-18-9-7-16(8-10-18)20(23)27)30-22(29)17-11-19(26)25(13-17)12-15-5-3-2-4-6-15/h2-10,14,17H,11-13H2,1H3,(H2,23,27)(H,24,28)/t14-,17-/m0/s1. The van der Waals surface area contributed by atoms with E-state index in [9.17, 15) is 19.2 Å². The monoisotopic (exact) mass is 409 g/mol. The number of amides is 3. The molecular weight excluding hydrogens is 386 g/mol. The number of likely N-dealkylation sites (tertiary alicyclic amines) is 1. The first kappa shape index (κ1) is 21.0. The molecule has 1 fully saturated rings. The summed E-state index contributed by atoms with van der Waals surface area (Å²) in [5.41, 5.74) is 6.92. The van der Waals surface area contributed by atoms with Gasteiger partial charge in [-0.25, -0.2) is 0 Å². The van der Waals surface area contributed by atoms with E-state index in [0.29, 0.717) is 17.8 Å². The second-order valence-corrected chi connectivity index (χ2v) is 7.17. The highest BCUT2D eigenvalue weighted by Gasteiger charge is 2.36. The normalized spacial score (nSPS) is 16.8. The van der Waals surface area contributed by atoms with E-state index in [1.54, 1.807) is 4.90 Å². The first-order valence-corrected chi connectivity index (χ1v) is 9.56. The highest BCUT2D eigenvalue weighted by atomic mass is 16.5. The molecule has 2 aromatic carbocycles. The Bertz CT molecular complexity index is 943. The third-order valence-corrected chi connectivity index (χ3v) is 4.86. The molecule has 0 saturated carbocycles. The van der Waals surface area contributed by atoms with Crippen molar-refractivity contribution in [2.45, 2.75) is 26.0 Å². The fraction of sp³-hybridized carbons (Fsp3) is 0.273. The van der Waals surface area contributed by atoms with E-state index >= 15 is 0 Å². The molecule has 0 bridgehead atoms. The smallest absolute Gasteiger partial charge is 0.312 e. The van der Waals surface area contributed by atoms with Gasteiger partial charge in [0.1, 0.15) is 0 Å². The molecular formula is C22H23N3O5. The number of nitrogens with two attached hydrogens (primary N) is 1. The number of benzene rings is 2. The zero-order chi connectivity index (χ0) is 21.7. The predicted octanol–water partition coefficient (Wildman–Crippen LogP) is 1.70. The van der Waals surface area contributed by atoms with E-state index in [2.05, 4.69) is 5.32 Å². The SMILES string of the molecule is C[C@H](OC(=O)[C@H]1CC(=O)N(Cc2ccccc2)C1)C(=O)Nc1ccc(C(N)=O)cc1. The van der Waals surface area contributed by atoms with Crippen LogP contribution in [0.25, 0.3) is 0 Å². The Balaban J connectivity index is 1.51. The minimum atomic E-state index is -1.04. The van der Waals surface area contributed by atoms with Crippen LogP contribution in [0.2, 0.25) is 0 Å². The number of carbonyl (C=O) groups is 4. The summed E-state index contributed by atoms with van der Waals surface area (Å²) >= 11 is 0. The number of nitrogens with zero attached hydrogens (tertiary/aromatic N) is 1. The van der Waals surface area contributed by atoms with E-state index in [1.807, 2.05) is 30.3 Å². The van der Waals surface area contributed by atoms with Crippen LogP contribution in [0.1, 0.15) is 29.3 Å². The van der Waals surface area contributed by atoms with Gasteiger partial charge in [-0.1, -0.05) is 30.3 Å². The number of rotatable bonds is 7. The van der Waals surface area contributed by atoms with Crippen molar-refractivity contribution in [3.8, 4) is 0 Å². The Morgan fingerprint density at radius 2 is 1.80 bits per heavy atom. The number of ether oxygens (including phenoxy) is 1. The van der Waals surface area contributed by atoms with E-state index in [-0.39, 0.29) is 18.9 Å². The average Bonchev–Trinajstić information content (AvgIpc) is 3.09. The Hall–Kier alpha value is -3.68. The Morgan fingerprint density at radius 1 is 1.13 bits per heavy atom. The first-order valence-electron chi connectivity index (χ1n) is 9.56. The molecule has 3 rings (SSSR count). The van der Waals surface area contributed by atoms with Crippen molar-refractivity contribution in [3.63, 3.8) is 0 Å². The molecule has 3 amide bonds. The molecule has 8 nitrogen and oxygen atoms in total. The highest BCUT2D eigenvalue weighted by molar-refractivity contribution is 5.97. The van der Waals surface area contributed by atoms with Crippen molar-refractivity contribution < 1.29 is 23.9 Å². The van der Waals surface area contributed by atoms with Crippen LogP contribution in [-0.4, -0.2) is 41.2 Å². The number of esters is 1. The zero-order valence-electron chi connectivity index (χ0n) is 16.5. The summed E-state index contributed by atoms with van der Waals surface area (Å²) in [7, 11) is 0. The van der Waals surface area contributed by atoms with Crippen LogP contribution < -0.4 is 11.1 Å². The number of hydrogen-bond donors (Lipinski definition) is 2. The molecule has 8 heteroatoms. The van der Waals surface area contributed by atoms with E-state index < -0.39 is 29.8 Å². The van der Waals surface area contributed by atoms with Crippen LogP contribution in [0.15, 0.2) is 54.6 Å². The van der Waals surface area contributed by atoms with Crippen LogP contribution in [0.5, 0.6) is 0 Å². The van der Waals surface area contributed by atoms with Gasteiger partial charge in [0.2, 0.25) is 11.8 Å². The second-order valence-electron chi connectivity index (χ2n) is 7.17. The summed E-state index contributed by atoms with van der Waals surface area (Å²) in [5, 5.41) is 2.61. The zero-order valence-corrected chi connectivity index (χ0v) is 16.5. The van der Waals surface area contributed by atoms with Crippen molar-refractivity contribution in [2.75, 3.05) is 11.9 Å². The Labute approximate surface area is 174 Å². The van der Waals surface area contributed by atoms with Gasteiger partial charge in [-0.3, -0.25) is 19.2 Å². The third-order valence-electron chi connectivity index (χ3n) is 4.86. The maximum absolute atomic E-state index is 12.4. The van der Waals surface area contributed by atoms with Crippen LogP contribution in [-0.2, 0) is 25.7 Å². The highest BCUT2D eigenvalue weighted by Crippen LogP contribution is 2.22. The molecule has 1 saturated heterocycles. The largest absolute Gasteiger partial charge is 0.452 e. The molecule has 1 heterocycles. The molecule has 3 N–H and O–H groups in total. The lowest BCUT2D eigenvalue weighted by molar-refractivity contribution is -0.157. The average molecular weight is 409 g/mol. The van der Waals surface area contributed by atoms with Gasteiger partial charge in [-0.15, -0.1) is 0 Å². The molecule has 2 atom stereocenters. The minimum Gasteiger partial charge on any atom is -0.452 e. The van der Waals surface area contributed by atoms with Gasteiger partial charge in [0, 0.05) is 30.8 Å². The van der Waals surface area contributed by atoms with Crippen LogP contribution in [0, 0.1) is 5.92 Å². The van der Waals surface area contributed by atoms with Gasteiger partial charge in [0.05, 0.1) is 5.92 Å². The predicted molar refractivity (Wildman–Crippen MR) is 109 cm³/mol. The Kier molecular flexibility index (Phi) is 6.46. The lowest BCUT2D eigenvalue weighted by Crippen LogP contribution is -2.33. The lowest BCUT2D eigenvalue weighted by atomic mass is 10.1. The summed E-state index contributed by atoms with van der Waals surface area (Å²) in [4.78, 5) is 49.7. The summed E-state index contributed by atoms with van der Waals surface area (Å²) < 4.78 is 5.27. The van der Waals surface area contributed by atoms with Gasteiger partial charge in [0.25, 0.3) is 5.91 Å². The fourth-order valence-electron chi connectivity index (χ4n) is 3.17. The third kappa shape index (κ3) is 5.22. The quantitative estimate of drug-likeness (QED) is 0.675. The molecule has 0 unspecified atom stereocenters. The van der Waals surface area contributed by atoms with Crippen molar-refractivity contribution in [2.24, 2.45) is 11.7 Å². The van der Waals surface area contributed by atoms with Gasteiger partial charge < -0.3 is 20.7 Å². The number of hydrogen-bond acceptors (Lipinski definition) is 5. The van der Waals surface area contributed by atoms with Crippen LogP contribution in [0.4, 0.5) is 5.69 Å². The number of anilines is 1. The molecule has 0 aromatic heterocycles. The van der Waals surface area contributed by atoms with Crippen molar-refractivity contribution >= 4 is 29.4 Å². The van der Waals surface area contributed by atoms with Gasteiger partial charge in [-0.05, 0) is 36.8 Å². The summed E-state index contributed by atoms with van der Waals surface area (Å²) in [6.07, 6.45) is -0.971. The summed E-state index contributed by atoms with van der Waals surface area (Å²) in [5.74, 6) is -2.38. The van der Waals surface area contributed by atoms with Crippen LogP contribution in [0.3, 0.4) is 0 Å². The second kappa shape index (κ2) is 9.21. The van der Waals surface area contributed by atoms with Crippen molar-refractivity contribution in [3.05, 3.63) is 65.7 Å². The molecule has 1 aliphatic rings. The fourth-order valence-corrected chi connectivity index (χ4v) is 3.17. The molecule has 1 aliphatic heterocycles. The first-order chi connectivity index (χ1) is 14.3. The number of primary amides is 1. The van der Waals surface area contributed by atoms with Crippen molar-refractivity contribution in [1.29, 1.82) is 0 Å². The summed E-state index contributed by atoms with van der Waals surface area (Å²) in [6.45, 7) is 2.15.